The minimum atomic E-state index is 0.659. The topological polar surface area (TPSA) is 40.6 Å². The summed E-state index contributed by atoms with van der Waals surface area (Å²) in [7, 11) is 3.28. The molecule has 0 aliphatic rings. The van der Waals surface area contributed by atoms with Crippen molar-refractivity contribution in [1.29, 1.82) is 0 Å². The molecule has 0 N–H and O–H groups in total. The largest absolute Gasteiger partial charge is 0.497 e. The first-order valence-electron chi connectivity index (χ1n) is 8.63. The standard InChI is InChI=1S/C23H19NO3/c1-25-18-12-13-21(26-2)19(15-18)23-22(27-17-9-4-3-5-10-17)14-16-8-6-7-11-20(16)24-23/h3-15H,1-2H3. The Labute approximate surface area is 158 Å². The predicted octanol–water partition coefficient (Wildman–Crippen LogP) is 5.71. The van der Waals surface area contributed by atoms with Crippen LogP contribution in [0.1, 0.15) is 0 Å². The summed E-state index contributed by atoms with van der Waals surface area (Å²) >= 11 is 0. The third kappa shape index (κ3) is 3.42. The Morgan fingerprint density at radius 2 is 1.44 bits per heavy atom. The maximum absolute atomic E-state index is 6.19. The summed E-state index contributed by atoms with van der Waals surface area (Å²) in [5.41, 5.74) is 2.40. The minimum absolute atomic E-state index is 0.659. The highest BCUT2D eigenvalue weighted by atomic mass is 16.5. The van der Waals surface area contributed by atoms with E-state index < -0.39 is 0 Å². The molecule has 0 radical (unpaired) electrons. The molecule has 134 valence electrons. The van der Waals surface area contributed by atoms with E-state index in [1.54, 1.807) is 14.2 Å². The number of methoxy groups -OCH3 is 2. The summed E-state index contributed by atoms with van der Waals surface area (Å²) < 4.78 is 17.1. The van der Waals surface area contributed by atoms with Crippen LogP contribution in [0.25, 0.3) is 22.2 Å². The first-order chi connectivity index (χ1) is 13.3. The molecule has 4 heteroatoms. The highest BCUT2D eigenvalue weighted by Gasteiger charge is 2.16. The molecule has 0 unspecified atom stereocenters. The lowest BCUT2D eigenvalue weighted by Crippen LogP contribution is -1.96. The molecule has 1 aromatic heterocycles. The van der Waals surface area contributed by atoms with Crippen LogP contribution in [0.2, 0.25) is 0 Å². The lowest BCUT2D eigenvalue weighted by molar-refractivity contribution is 0.404. The molecule has 0 saturated carbocycles. The van der Waals surface area contributed by atoms with Crippen LogP contribution in [0.15, 0.2) is 78.9 Å². The zero-order chi connectivity index (χ0) is 18.6. The van der Waals surface area contributed by atoms with E-state index in [2.05, 4.69) is 0 Å². The first kappa shape index (κ1) is 16.9. The molecule has 0 spiro atoms. The van der Waals surface area contributed by atoms with Gasteiger partial charge in [-0.3, -0.25) is 0 Å². The molecule has 0 aliphatic carbocycles. The van der Waals surface area contributed by atoms with Crippen LogP contribution >= 0.6 is 0 Å². The van der Waals surface area contributed by atoms with Crippen molar-refractivity contribution in [2.75, 3.05) is 14.2 Å². The molecule has 3 aromatic carbocycles. The van der Waals surface area contributed by atoms with Crippen molar-refractivity contribution in [3.63, 3.8) is 0 Å². The molecule has 0 atom stereocenters. The van der Waals surface area contributed by atoms with Crippen LogP contribution < -0.4 is 14.2 Å². The van der Waals surface area contributed by atoms with E-state index in [9.17, 15) is 0 Å². The van der Waals surface area contributed by atoms with Gasteiger partial charge in [-0.1, -0.05) is 36.4 Å². The zero-order valence-electron chi connectivity index (χ0n) is 15.2. The summed E-state index contributed by atoms with van der Waals surface area (Å²) in [6.45, 7) is 0. The lowest BCUT2D eigenvalue weighted by Gasteiger charge is -2.15. The predicted molar refractivity (Wildman–Crippen MR) is 107 cm³/mol. The van der Waals surface area contributed by atoms with Crippen molar-refractivity contribution >= 4 is 10.9 Å². The molecular weight excluding hydrogens is 338 g/mol. The Kier molecular flexibility index (Phi) is 4.62. The molecule has 4 aromatic rings. The first-order valence-corrected chi connectivity index (χ1v) is 8.63. The number of pyridine rings is 1. The quantitative estimate of drug-likeness (QED) is 0.459. The molecule has 1 heterocycles. The van der Waals surface area contributed by atoms with Crippen LogP contribution in [0, 0.1) is 0 Å². The molecule has 0 aliphatic heterocycles. The van der Waals surface area contributed by atoms with Gasteiger partial charge in [0, 0.05) is 10.9 Å². The van der Waals surface area contributed by atoms with Crippen molar-refractivity contribution in [2.45, 2.75) is 0 Å². The van der Waals surface area contributed by atoms with E-state index in [0.717, 1.165) is 28.0 Å². The van der Waals surface area contributed by atoms with Crippen LogP contribution in [-0.4, -0.2) is 19.2 Å². The third-order valence-corrected chi connectivity index (χ3v) is 4.32. The number of ether oxygens (including phenoxy) is 3. The van der Waals surface area contributed by atoms with Gasteiger partial charge in [0.15, 0.2) is 5.75 Å². The minimum Gasteiger partial charge on any atom is -0.497 e. The van der Waals surface area contributed by atoms with Crippen LogP contribution in [0.3, 0.4) is 0 Å². The molecule has 27 heavy (non-hydrogen) atoms. The van der Waals surface area contributed by atoms with Gasteiger partial charge in [0.1, 0.15) is 22.9 Å². The second kappa shape index (κ2) is 7.38. The van der Waals surface area contributed by atoms with Gasteiger partial charge >= 0.3 is 0 Å². The number of rotatable bonds is 5. The normalized spacial score (nSPS) is 10.6. The third-order valence-electron chi connectivity index (χ3n) is 4.32. The Morgan fingerprint density at radius 1 is 0.667 bits per heavy atom. The Bertz CT molecular complexity index is 1080. The molecular formula is C23H19NO3. The Morgan fingerprint density at radius 3 is 2.22 bits per heavy atom. The van der Waals surface area contributed by atoms with Gasteiger partial charge in [-0.2, -0.15) is 0 Å². The number of hydrogen-bond acceptors (Lipinski definition) is 4. The van der Waals surface area contributed by atoms with Crippen LogP contribution in [0.4, 0.5) is 0 Å². The summed E-state index contributed by atoms with van der Waals surface area (Å²) in [5.74, 6) is 2.84. The number of nitrogens with zero attached hydrogens (tertiary/aromatic N) is 1. The van der Waals surface area contributed by atoms with Crippen molar-refractivity contribution in [1.82, 2.24) is 4.98 Å². The fourth-order valence-electron chi connectivity index (χ4n) is 2.98. The van der Waals surface area contributed by atoms with E-state index in [4.69, 9.17) is 19.2 Å². The fraction of sp³-hybridized carbons (Fsp3) is 0.0870. The van der Waals surface area contributed by atoms with E-state index in [1.165, 1.54) is 0 Å². The van der Waals surface area contributed by atoms with Gasteiger partial charge in [-0.05, 0) is 42.5 Å². The fourth-order valence-corrected chi connectivity index (χ4v) is 2.98. The maximum atomic E-state index is 6.19. The molecule has 0 bridgehead atoms. The smallest absolute Gasteiger partial charge is 0.154 e. The average Bonchev–Trinajstić information content (AvgIpc) is 2.73. The average molecular weight is 357 g/mol. The van der Waals surface area contributed by atoms with E-state index in [0.29, 0.717) is 17.2 Å². The Hall–Kier alpha value is -3.53. The second-order valence-corrected chi connectivity index (χ2v) is 6.01. The van der Waals surface area contributed by atoms with E-state index in [1.807, 2.05) is 78.9 Å². The van der Waals surface area contributed by atoms with Crippen LogP contribution in [0.5, 0.6) is 23.0 Å². The summed E-state index contributed by atoms with van der Waals surface area (Å²) in [6, 6.07) is 25.3. The van der Waals surface area contributed by atoms with E-state index >= 15 is 0 Å². The monoisotopic (exact) mass is 357 g/mol. The summed E-state index contributed by atoms with van der Waals surface area (Å²) in [6.07, 6.45) is 0. The number of benzene rings is 3. The van der Waals surface area contributed by atoms with Gasteiger partial charge in [-0.25, -0.2) is 4.98 Å². The zero-order valence-corrected chi connectivity index (χ0v) is 15.2. The molecule has 0 fully saturated rings. The SMILES string of the molecule is COc1ccc(OC)c(-c2nc3ccccc3cc2Oc2ccccc2)c1. The maximum Gasteiger partial charge on any atom is 0.154 e. The van der Waals surface area contributed by atoms with Gasteiger partial charge < -0.3 is 14.2 Å². The molecule has 4 rings (SSSR count). The van der Waals surface area contributed by atoms with Gasteiger partial charge in [0.25, 0.3) is 0 Å². The molecule has 0 saturated heterocycles. The number of aromatic nitrogens is 1. The number of fused-ring (bicyclic) bond motifs is 1. The highest BCUT2D eigenvalue weighted by molar-refractivity contribution is 5.86. The number of para-hydroxylation sites is 2. The van der Waals surface area contributed by atoms with Crippen molar-refractivity contribution < 1.29 is 14.2 Å². The summed E-state index contributed by atoms with van der Waals surface area (Å²) in [4.78, 5) is 4.87. The molecule has 0 amide bonds. The van der Waals surface area contributed by atoms with Crippen molar-refractivity contribution in [3.8, 4) is 34.3 Å². The lowest BCUT2D eigenvalue weighted by atomic mass is 10.1. The summed E-state index contributed by atoms with van der Waals surface area (Å²) in [5, 5.41) is 1.01. The van der Waals surface area contributed by atoms with Crippen molar-refractivity contribution in [3.05, 3.63) is 78.9 Å². The Balaban J connectivity index is 1.94. The number of hydrogen-bond donors (Lipinski definition) is 0. The van der Waals surface area contributed by atoms with Gasteiger partial charge in [-0.15, -0.1) is 0 Å². The van der Waals surface area contributed by atoms with E-state index in [-0.39, 0.29) is 0 Å². The van der Waals surface area contributed by atoms with Gasteiger partial charge in [0.05, 0.1) is 19.7 Å². The van der Waals surface area contributed by atoms with Crippen LogP contribution in [-0.2, 0) is 0 Å². The molecule has 4 nitrogen and oxygen atoms in total. The van der Waals surface area contributed by atoms with Crippen molar-refractivity contribution in [2.24, 2.45) is 0 Å². The highest BCUT2D eigenvalue weighted by Crippen LogP contribution is 2.40. The van der Waals surface area contributed by atoms with Gasteiger partial charge in [0.2, 0.25) is 0 Å². The second-order valence-electron chi connectivity index (χ2n) is 6.01.